The summed E-state index contributed by atoms with van der Waals surface area (Å²) in [5.41, 5.74) is 0. The highest BCUT2D eigenvalue weighted by atomic mass is 16.5. The minimum Gasteiger partial charge on any atom is -0.494 e. The molecule has 1 aromatic rings. The van der Waals surface area contributed by atoms with Gasteiger partial charge in [-0.05, 0) is 51.1 Å². The zero-order valence-corrected chi connectivity index (χ0v) is 11.7. The molecule has 0 aliphatic heterocycles. The van der Waals surface area contributed by atoms with Crippen LogP contribution in [0.25, 0.3) is 0 Å². The van der Waals surface area contributed by atoms with Gasteiger partial charge >= 0.3 is 0 Å². The number of unbranched alkanes of at least 4 members (excludes halogenated alkanes) is 1. The molecule has 1 N–H and O–H groups in total. The molecule has 0 saturated heterocycles. The fraction of sp³-hybridized carbons (Fsp3) is 0.600. The number of hydrogen-bond acceptors (Lipinski definition) is 3. The van der Waals surface area contributed by atoms with E-state index in [9.17, 15) is 0 Å². The van der Waals surface area contributed by atoms with E-state index in [2.05, 4.69) is 19.2 Å². The second-order valence-corrected chi connectivity index (χ2v) is 4.39. The minimum absolute atomic E-state index is 0.180. The molecule has 0 saturated carbocycles. The largest absolute Gasteiger partial charge is 0.494 e. The second-order valence-electron chi connectivity index (χ2n) is 4.39. The summed E-state index contributed by atoms with van der Waals surface area (Å²) in [7, 11) is 0. The van der Waals surface area contributed by atoms with Gasteiger partial charge in [0.25, 0.3) is 0 Å². The fourth-order valence-electron chi connectivity index (χ4n) is 1.66. The van der Waals surface area contributed by atoms with Crippen molar-refractivity contribution in [2.75, 3.05) is 19.7 Å². The quantitative estimate of drug-likeness (QED) is 0.683. The van der Waals surface area contributed by atoms with E-state index in [1.165, 1.54) is 12.8 Å². The van der Waals surface area contributed by atoms with Crippen molar-refractivity contribution in [3.8, 4) is 11.5 Å². The third-order valence-electron chi connectivity index (χ3n) is 2.61. The van der Waals surface area contributed by atoms with E-state index >= 15 is 0 Å². The maximum atomic E-state index is 5.81. The average molecular weight is 251 g/mol. The molecule has 0 fully saturated rings. The lowest BCUT2D eigenvalue weighted by Crippen LogP contribution is -2.29. The van der Waals surface area contributed by atoms with Gasteiger partial charge in [-0.3, -0.25) is 0 Å². The van der Waals surface area contributed by atoms with Gasteiger partial charge in [0.05, 0.1) is 6.61 Å². The molecule has 1 aromatic carbocycles. The highest BCUT2D eigenvalue weighted by Gasteiger charge is 2.03. The average Bonchev–Trinajstić information content (AvgIpc) is 2.37. The van der Waals surface area contributed by atoms with Crippen molar-refractivity contribution in [3.63, 3.8) is 0 Å². The summed E-state index contributed by atoms with van der Waals surface area (Å²) in [6, 6.07) is 7.78. The van der Waals surface area contributed by atoms with Gasteiger partial charge in [-0.1, -0.05) is 13.3 Å². The molecule has 18 heavy (non-hydrogen) atoms. The Bertz CT molecular complexity index is 311. The molecule has 0 bridgehead atoms. The van der Waals surface area contributed by atoms with Gasteiger partial charge in [-0.2, -0.15) is 0 Å². The molecule has 0 amide bonds. The van der Waals surface area contributed by atoms with E-state index in [1.54, 1.807) is 0 Å². The molecule has 102 valence electrons. The Labute approximate surface area is 110 Å². The fourth-order valence-corrected chi connectivity index (χ4v) is 1.66. The summed E-state index contributed by atoms with van der Waals surface area (Å²) in [5, 5.41) is 3.39. The molecule has 0 radical (unpaired) electrons. The highest BCUT2D eigenvalue weighted by Crippen LogP contribution is 2.18. The van der Waals surface area contributed by atoms with Crippen molar-refractivity contribution in [3.05, 3.63) is 24.3 Å². The van der Waals surface area contributed by atoms with Crippen molar-refractivity contribution in [1.29, 1.82) is 0 Å². The van der Waals surface area contributed by atoms with Crippen LogP contribution < -0.4 is 14.8 Å². The van der Waals surface area contributed by atoms with Crippen LogP contribution in [0, 0.1) is 0 Å². The van der Waals surface area contributed by atoms with Crippen molar-refractivity contribution >= 4 is 0 Å². The molecule has 1 rings (SSSR count). The van der Waals surface area contributed by atoms with Gasteiger partial charge in [0.15, 0.2) is 0 Å². The first-order chi connectivity index (χ1) is 8.76. The van der Waals surface area contributed by atoms with Gasteiger partial charge < -0.3 is 14.8 Å². The van der Waals surface area contributed by atoms with E-state index in [4.69, 9.17) is 9.47 Å². The van der Waals surface area contributed by atoms with Crippen molar-refractivity contribution in [1.82, 2.24) is 5.32 Å². The molecule has 0 aliphatic carbocycles. The van der Waals surface area contributed by atoms with E-state index in [-0.39, 0.29) is 6.10 Å². The molecule has 0 heterocycles. The minimum atomic E-state index is 0.180. The second kappa shape index (κ2) is 8.81. The van der Waals surface area contributed by atoms with Crippen LogP contribution in [0.3, 0.4) is 0 Å². The van der Waals surface area contributed by atoms with Gasteiger partial charge in [0, 0.05) is 6.54 Å². The Kier molecular flexibility index (Phi) is 7.26. The first kappa shape index (κ1) is 14.8. The van der Waals surface area contributed by atoms with E-state index in [0.29, 0.717) is 6.61 Å². The number of hydrogen-bond donors (Lipinski definition) is 1. The normalized spacial score (nSPS) is 12.2. The zero-order chi connectivity index (χ0) is 13.2. The number of nitrogens with one attached hydrogen (secondary N) is 1. The van der Waals surface area contributed by atoms with Crippen molar-refractivity contribution < 1.29 is 9.47 Å². The summed E-state index contributed by atoms with van der Waals surface area (Å²) in [6.07, 6.45) is 2.62. The molecule has 1 atom stereocenters. The summed E-state index contributed by atoms with van der Waals surface area (Å²) in [5.74, 6) is 1.78. The summed E-state index contributed by atoms with van der Waals surface area (Å²) in [6.45, 7) is 8.89. The van der Waals surface area contributed by atoms with Crippen molar-refractivity contribution in [2.45, 2.75) is 39.7 Å². The van der Waals surface area contributed by atoms with Crippen LogP contribution in [-0.4, -0.2) is 25.8 Å². The molecule has 3 heteroatoms. The topological polar surface area (TPSA) is 30.5 Å². The van der Waals surface area contributed by atoms with Crippen molar-refractivity contribution in [2.24, 2.45) is 0 Å². The smallest absolute Gasteiger partial charge is 0.120 e. The first-order valence-corrected chi connectivity index (χ1v) is 6.86. The van der Waals surface area contributed by atoms with Gasteiger partial charge in [0.1, 0.15) is 17.6 Å². The zero-order valence-electron chi connectivity index (χ0n) is 11.7. The SMILES string of the molecule is CCCCNCC(C)Oc1ccc(OCC)cc1. The summed E-state index contributed by atoms with van der Waals surface area (Å²) >= 11 is 0. The van der Waals surface area contributed by atoms with Crippen LogP contribution in [0.15, 0.2) is 24.3 Å². The summed E-state index contributed by atoms with van der Waals surface area (Å²) in [4.78, 5) is 0. The maximum absolute atomic E-state index is 5.81. The predicted octanol–water partition coefficient (Wildman–Crippen LogP) is 3.24. The van der Waals surface area contributed by atoms with E-state index < -0.39 is 0 Å². The maximum Gasteiger partial charge on any atom is 0.120 e. The Hall–Kier alpha value is -1.22. The number of benzene rings is 1. The molecular weight excluding hydrogens is 226 g/mol. The Morgan fingerprint density at radius 3 is 2.39 bits per heavy atom. The van der Waals surface area contributed by atoms with Crippen LogP contribution in [0.4, 0.5) is 0 Å². The van der Waals surface area contributed by atoms with Crippen LogP contribution >= 0.6 is 0 Å². The van der Waals surface area contributed by atoms with Gasteiger partial charge in [-0.15, -0.1) is 0 Å². The third kappa shape index (κ3) is 5.92. The Morgan fingerprint density at radius 1 is 1.11 bits per heavy atom. The molecule has 0 aromatic heterocycles. The highest BCUT2D eigenvalue weighted by molar-refractivity contribution is 5.31. The third-order valence-corrected chi connectivity index (χ3v) is 2.61. The van der Waals surface area contributed by atoms with Crippen LogP contribution in [0.1, 0.15) is 33.6 Å². The van der Waals surface area contributed by atoms with E-state index in [1.807, 2.05) is 31.2 Å². The molecule has 0 aliphatic rings. The van der Waals surface area contributed by atoms with Crippen LogP contribution in [0.2, 0.25) is 0 Å². The monoisotopic (exact) mass is 251 g/mol. The molecular formula is C15H25NO2. The Morgan fingerprint density at radius 2 is 1.78 bits per heavy atom. The first-order valence-electron chi connectivity index (χ1n) is 6.86. The molecule has 1 unspecified atom stereocenters. The lowest BCUT2D eigenvalue weighted by atomic mass is 10.3. The number of rotatable bonds is 9. The Balaban J connectivity index is 2.28. The standard InChI is InChI=1S/C15H25NO2/c1-4-6-11-16-12-13(3)18-15-9-7-14(8-10-15)17-5-2/h7-10,13,16H,4-6,11-12H2,1-3H3. The van der Waals surface area contributed by atoms with Crippen LogP contribution in [0.5, 0.6) is 11.5 Å². The lowest BCUT2D eigenvalue weighted by Gasteiger charge is -2.15. The predicted molar refractivity (Wildman–Crippen MR) is 75.5 cm³/mol. The molecule has 0 spiro atoms. The van der Waals surface area contributed by atoms with E-state index in [0.717, 1.165) is 24.6 Å². The summed E-state index contributed by atoms with van der Waals surface area (Å²) < 4.78 is 11.2. The number of ether oxygens (including phenoxy) is 2. The van der Waals surface area contributed by atoms with Crippen LogP contribution in [-0.2, 0) is 0 Å². The molecule has 3 nitrogen and oxygen atoms in total. The van der Waals surface area contributed by atoms with Gasteiger partial charge in [-0.25, -0.2) is 0 Å². The van der Waals surface area contributed by atoms with Gasteiger partial charge in [0.2, 0.25) is 0 Å². The lowest BCUT2D eigenvalue weighted by molar-refractivity contribution is 0.217.